The first-order chi connectivity index (χ1) is 16.3. The molecule has 0 amide bonds. The molecule has 0 heterocycles. The lowest BCUT2D eigenvalue weighted by Crippen LogP contribution is -2.28. The number of hydrogen-bond donors (Lipinski definition) is 0. The molecule has 3 rings (SSSR count). The van der Waals surface area contributed by atoms with Crippen LogP contribution in [0.3, 0.4) is 0 Å². The Balaban J connectivity index is 1.62. The van der Waals surface area contributed by atoms with Crippen molar-refractivity contribution in [3.05, 3.63) is 6.92 Å². The lowest BCUT2D eigenvalue weighted by Gasteiger charge is -2.30. The molecule has 0 N–H and O–H groups in total. The van der Waals surface area contributed by atoms with Crippen molar-refractivity contribution in [3.63, 3.8) is 0 Å². The maximum absolute atomic E-state index is 12.8. The van der Waals surface area contributed by atoms with Crippen LogP contribution < -0.4 is 0 Å². The van der Waals surface area contributed by atoms with Gasteiger partial charge in [0.1, 0.15) is 0 Å². The van der Waals surface area contributed by atoms with E-state index in [2.05, 4.69) is 6.92 Å². The van der Waals surface area contributed by atoms with Crippen LogP contribution in [-0.4, -0.2) is 18.8 Å². The highest BCUT2D eigenvalue weighted by atomic mass is 16.5. The van der Waals surface area contributed by atoms with Crippen LogP contribution in [0.5, 0.6) is 0 Å². The van der Waals surface area contributed by atoms with Gasteiger partial charge in [0.05, 0.1) is 12.2 Å². The van der Waals surface area contributed by atoms with E-state index >= 15 is 0 Å². The molecule has 3 fully saturated rings. The summed E-state index contributed by atoms with van der Waals surface area (Å²) in [5, 5.41) is 12.8. The molecule has 0 aliphatic heterocycles. The molecule has 0 aromatic rings. The zero-order valence-electron chi connectivity index (χ0n) is 22.2. The maximum atomic E-state index is 12.8. The Labute approximate surface area is 208 Å². The maximum Gasteiger partial charge on any atom is 0.0933 e. The molecule has 2 heteroatoms. The van der Waals surface area contributed by atoms with Gasteiger partial charge in [-0.3, -0.25) is 0 Å². The lowest BCUT2D eigenvalue weighted by atomic mass is 9.82. The van der Waals surface area contributed by atoms with Crippen LogP contribution in [0, 0.1) is 18.8 Å². The first-order valence-corrected chi connectivity index (χ1v) is 15.4. The SMILES string of the molecule is [CH2]CCCCCCCCCCCCCOC1CCC([O])CC2CCCCCC1CCCCC2. The molecule has 2 unspecified atom stereocenters. The molecule has 3 saturated carbocycles. The van der Waals surface area contributed by atoms with Gasteiger partial charge in [-0.25, -0.2) is 5.11 Å². The van der Waals surface area contributed by atoms with E-state index in [-0.39, 0.29) is 6.10 Å². The Kier molecular flexibility index (Phi) is 17.8. The minimum absolute atomic E-state index is 0.349. The Morgan fingerprint density at radius 3 is 1.67 bits per heavy atom. The van der Waals surface area contributed by atoms with Crippen LogP contribution in [0.4, 0.5) is 0 Å². The van der Waals surface area contributed by atoms with Gasteiger partial charge in [0.25, 0.3) is 0 Å². The minimum atomic E-state index is -0.357. The molecule has 0 aromatic heterocycles. The first-order valence-electron chi connectivity index (χ1n) is 15.4. The zero-order valence-corrected chi connectivity index (χ0v) is 22.2. The van der Waals surface area contributed by atoms with Crippen molar-refractivity contribution in [1.82, 2.24) is 0 Å². The van der Waals surface area contributed by atoms with E-state index in [1.165, 1.54) is 135 Å². The molecule has 2 atom stereocenters. The van der Waals surface area contributed by atoms with Crippen LogP contribution in [0.15, 0.2) is 0 Å². The standard InChI is InChI=1S/C31H58O2/c1-2-3-4-5-6-7-8-9-10-11-12-19-26-33-31-25-24-30(32)27-28-20-15-13-17-22-29(31)23-18-14-16-21-28/h28-31H,1-27H2. The van der Waals surface area contributed by atoms with Gasteiger partial charge in [-0.15, -0.1) is 0 Å². The van der Waals surface area contributed by atoms with Crippen molar-refractivity contribution in [1.29, 1.82) is 0 Å². The van der Waals surface area contributed by atoms with Gasteiger partial charge in [0.2, 0.25) is 0 Å². The predicted molar refractivity (Wildman–Crippen MR) is 142 cm³/mol. The normalized spacial score (nSPS) is 27.8. The van der Waals surface area contributed by atoms with E-state index in [4.69, 9.17) is 4.74 Å². The van der Waals surface area contributed by atoms with Gasteiger partial charge >= 0.3 is 0 Å². The predicted octanol–water partition coefficient (Wildman–Crippen LogP) is 10.0. The van der Waals surface area contributed by atoms with E-state index in [0.717, 1.165) is 32.3 Å². The second kappa shape index (κ2) is 20.1. The summed E-state index contributed by atoms with van der Waals surface area (Å²) in [4.78, 5) is 0. The smallest absolute Gasteiger partial charge is 0.0933 e. The van der Waals surface area contributed by atoms with Crippen molar-refractivity contribution in [3.8, 4) is 0 Å². The lowest BCUT2D eigenvalue weighted by molar-refractivity contribution is -0.0225. The quantitative estimate of drug-likeness (QED) is 0.236. The summed E-state index contributed by atoms with van der Waals surface area (Å²) >= 11 is 0. The van der Waals surface area contributed by atoms with E-state index in [1.54, 1.807) is 0 Å². The second-order valence-corrected chi connectivity index (χ2v) is 11.5. The summed E-state index contributed by atoms with van der Waals surface area (Å²) in [6, 6.07) is 0. The van der Waals surface area contributed by atoms with Crippen LogP contribution in [0.2, 0.25) is 0 Å². The Bertz CT molecular complexity index is 409. The number of fused-ring (bicyclic) bond motifs is 12. The molecule has 0 saturated heterocycles. The fraction of sp³-hybridized carbons (Fsp3) is 0.968. The van der Waals surface area contributed by atoms with E-state index < -0.39 is 0 Å². The largest absolute Gasteiger partial charge is 0.378 e. The monoisotopic (exact) mass is 462 g/mol. The molecule has 2 nitrogen and oxygen atoms in total. The Hall–Kier alpha value is -0.0800. The number of unbranched alkanes of at least 4 members (excludes halogenated alkanes) is 11. The molecule has 0 aromatic carbocycles. The molecular formula is C31H58O2. The van der Waals surface area contributed by atoms with Crippen molar-refractivity contribution < 1.29 is 9.84 Å². The van der Waals surface area contributed by atoms with Crippen molar-refractivity contribution in [2.75, 3.05) is 6.61 Å². The Morgan fingerprint density at radius 2 is 1.09 bits per heavy atom. The van der Waals surface area contributed by atoms with Crippen LogP contribution >= 0.6 is 0 Å². The number of ether oxygens (including phenoxy) is 1. The summed E-state index contributed by atoms with van der Waals surface area (Å²) in [7, 11) is 0. The summed E-state index contributed by atoms with van der Waals surface area (Å²) in [5.41, 5.74) is 0. The Morgan fingerprint density at radius 1 is 0.576 bits per heavy atom. The molecular weight excluding hydrogens is 404 g/mol. The summed E-state index contributed by atoms with van der Waals surface area (Å²) < 4.78 is 6.54. The van der Waals surface area contributed by atoms with Crippen molar-refractivity contribution in [2.45, 2.75) is 173 Å². The summed E-state index contributed by atoms with van der Waals surface area (Å²) in [6.07, 6.45) is 32.3. The third-order valence-corrected chi connectivity index (χ3v) is 8.50. The van der Waals surface area contributed by atoms with Crippen molar-refractivity contribution in [2.24, 2.45) is 11.8 Å². The summed E-state index contributed by atoms with van der Waals surface area (Å²) in [6.45, 7) is 4.84. The van der Waals surface area contributed by atoms with Gasteiger partial charge in [-0.1, -0.05) is 129 Å². The molecule has 3 aliphatic carbocycles. The topological polar surface area (TPSA) is 29.1 Å². The van der Waals surface area contributed by atoms with Gasteiger partial charge < -0.3 is 4.74 Å². The van der Waals surface area contributed by atoms with Crippen LogP contribution in [0.1, 0.15) is 161 Å². The molecule has 194 valence electrons. The highest BCUT2D eigenvalue weighted by Gasteiger charge is 2.26. The molecule has 2 bridgehead atoms. The highest BCUT2D eigenvalue weighted by molar-refractivity contribution is 4.77. The summed E-state index contributed by atoms with van der Waals surface area (Å²) in [5.74, 6) is 1.39. The van der Waals surface area contributed by atoms with Crippen LogP contribution in [-0.2, 0) is 9.84 Å². The molecule has 3 aliphatic rings. The van der Waals surface area contributed by atoms with Gasteiger partial charge in [-0.2, -0.15) is 0 Å². The second-order valence-electron chi connectivity index (χ2n) is 11.5. The van der Waals surface area contributed by atoms with Gasteiger partial charge in [0.15, 0.2) is 0 Å². The fourth-order valence-electron chi connectivity index (χ4n) is 6.33. The molecule has 2 radical (unpaired) electrons. The van der Waals surface area contributed by atoms with Crippen molar-refractivity contribution >= 4 is 0 Å². The third kappa shape index (κ3) is 14.8. The number of hydrogen-bond acceptors (Lipinski definition) is 1. The zero-order chi connectivity index (χ0) is 23.4. The van der Waals surface area contributed by atoms with E-state index in [9.17, 15) is 5.11 Å². The average molecular weight is 463 g/mol. The van der Waals surface area contributed by atoms with Gasteiger partial charge in [-0.05, 0) is 50.4 Å². The fourth-order valence-corrected chi connectivity index (χ4v) is 6.33. The van der Waals surface area contributed by atoms with E-state index in [1.807, 2.05) is 0 Å². The minimum Gasteiger partial charge on any atom is -0.378 e. The third-order valence-electron chi connectivity index (χ3n) is 8.50. The highest BCUT2D eigenvalue weighted by Crippen LogP contribution is 2.32. The number of rotatable bonds is 14. The van der Waals surface area contributed by atoms with Crippen LogP contribution in [0.25, 0.3) is 0 Å². The molecule has 33 heavy (non-hydrogen) atoms. The first kappa shape index (κ1) is 29.2. The van der Waals surface area contributed by atoms with E-state index in [0.29, 0.717) is 17.9 Å². The molecule has 0 spiro atoms. The van der Waals surface area contributed by atoms with Gasteiger partial charge in [0, 0.05) is 6.61 Å². The average Bonchev–Trinajstić information content (AvgIpc) is 2.80.